The predicted octanol–water partition coefficient (Wildman–Crippen LogP) is 3.30. The molecule has 0 saturated carbocycles. The molecule has 18 heavy (non-hydrogen) atoms. The van der Waals surface area contributed by atoms with Crippen LogP contribution < -0.4 is 0 Å². The first-order valence-corrected chi connectivity index (χ1v) is 9.07. The fraction of sp³-hybridized carbons (Fsp3) is 0.667. The summed E-state index contributed by atoms with van der Waals surface area (Å²) in [5.41, 5.74) is 0. The molecule has 1 aliphatic heterocycles. The summed E-state index contributed by atoms with van der Waals surface area (Å²) >= 11 is 7.20. The Bertz CT molecular complexity index is 498. The van der Waals surface area contributed by atoms with Crippen LogP contribution in [0.15, 0.2) is 16.3 Å². The van der Waals surface area contributed by atoms with Gasteiger partial charge in [0.25, 0.3) is 0 Å². The van der Waals surface area contributed by atoms with Crippen LogP contribution >= 0.6 is 22.9 Å². The minimum absolute atomic E-state index is 0.262. The number of nitrogens with zero attached hydrogens (tertiary/aromatic N) is 1. The summed E-state index contributed by atoms with van der Waals surface area (Å²) in [4.78, 5) is 1.15. The monoisotopic (exact) mass is 307 g/mol. The highest BCUT2D eigenvalue weighted by molar-refractivity contribution is 7.89. The first-order chi connectivity index (χ1) is 8.59. The van der Waals surface area contributed by atoms with Crippen LogP contribution in [0, 0.1) is 5.92 Å². The van der Waals surface area contributed by atoms with Crippen LogP contribution in [0.1, 0.15) is 31.1 Å². The number of sulfonamides is 1. The van der Waals surface area contributed by atoms with Gasteiger partial charge < -0.3 is 0 Å². The third-order valence-corrected chi connectivity index (χ3v) is 6.81. The van der Waals surface area contributed by atoms with E-state index in [1.165, 1.54) is 11.3 Å². The second kappa shape index (κ2) is 5.90. The van der Waals surface area contributed by atoms with Crippen LogP contribution in [0.4, 0.5) is 0 Å². The summed E-state index contributed by atoms with van der Waals surface area (Å²) in [5, 5.41) is 1.80. The van der Waals surface area contributed by atoms with Crippen LogP contribution in [-0.4, -0.2) is 25.8 Å². The van der Waals surface area contributed by atoms with Gasteiger partial charge in [0, 0.05) is 18.0 Å². The molecule has 102 valence electrons. The Morgan fingerprint density at radius 1 is 1.56 bits per heavy atom. The van der Waals surface area contributed by atoms with Gasteiger partial charge in [0.05, 0.1) is 10.8 Å². The molecule has 0 bridgehead atoms. The van der Waals surface area contributed by atoms with Crippen molar-refractivity contribution >= 4 is 33.0 Å². The van der Waals surface area contributed by atoms with E-state index in [1.54, 1.807) is 15.8 Å². The minimum atomic E-state index is -3.33. The van der Waals surface area contributed by atoms with Gasteiger partial charge in [0.15, 0.2) is 0 Å². The molecule has 0 radical (unpaired) electrons. The zero-order valence-corrected chi connectivity index (χ0v) is 12.8. The van der Waals surface area contributed by atoms with Crippen LogP contribution in [0.3, 0.4) is 0 Å². The van der Waals surface area contributed by atoms with Gasteiger partial charge in [0.1, 0.15) is 0 Å². The highest BCUT2D eigenvalue weighted by atomic mass is 35.5. The molecule has 0 aliphatic carbocycles. The van der Waals surface area contributed by atoms with Gasteiger partial charge in [0.2, 0.25) is 10.0 Å². The first-order valence-electron chi connectivity index (χ1n) is 6.22. The third kappa shape index (κ3) is 2.74. The lowest BCUT2D eigenvalue weighted by Crippen LogP contribution is -2.29. The van der Waals surface area contributed by atoms with E-state index in [9.17, 15) is 8.42 Å². The maximum Gasteiger partial charge on any atom is 0.244 e. The Balaban J connectivity index is 2.18. The smallest absolute Gasteiger partial charge is 0.207 e. The molecule has 1 aromatic heterocycles. The zero-order chi connectivity index (χ0) is 13.2. The van der Waals surface area contributed by atoms with Gasteiger partial charge in [-0.25, -0.2) is 8.42 Å². The van der Waals surface area contributed by atoms with Gasteiger partial charge in [-0.3, -0.25) is 0 Å². The summed E-state index contributed by atoms with van der Waals surface area (Å²) in [6.07, 6.45) is 3.20. The third-order valence-electron chi connectivity index (χ3n) is 3.39. The lowest BCUT2D eigenvalue weighted by Gasteiger charge is -2.16. The molecule has 1 unspecified atom stereocenters. The van der Waals surface area contributed by atoms with Crippen molar-refractivity contribution in [1.29, 1.82) is 0 Å². The molecule has 1 saturated heterocycles. The topological polar surface area (TPSA) is 37.4 Å². The average molecular weight is 308 g/mol. The van der Waals surface area contributed by atoms with Crippen molar-refractivity contribution in [2.45, 2.75) is 37.0 Å². The van der Waals surface area contributed by atoms with Crippen molar-refractivity contribution in [2.75, 3.05) is 13.1 Å². The van der Waals surface area contributed by atoms with Gasteiger partial charge in [-0.05, 0) is 30.2 Å². The van der Waals surface area contributed by atoms with Gasteiger partial charge in [-0.2, -0.15) is 4.31 Å². The van der Waals surface area contributed by atoms with Crippen molar-refractivity contribution in [2.24, 2.45) is 5.92 Å². The Morgan fingerprint density at radius 3 is 3.00 bits per heavy atom. The number of halogens is 1. The molecule has 0 spiro atoms. The summed E-state index contributed by atoms with van der Waals surface area (Å²) in [7, 11) is -3.33. The average Bonchev–Trinajstić information content (AvgIpc) is 2.97. The minimum Gasteiger partial charge on any atom is -0.207 e. The van der Waals surface area contributed by atoms with E-state index in [-0.39, 0.29) is 5.88 Å². The fourth-order valence-electron chi connectivity index (χ4n) is 2.45. The molecule has 1 aliphatic rings. The second-order valence-corrected chi connectivity index (χ2v) is 7.82. The second-order valence-electron chi connectivity index (χ2n) is 4.65. The Hall–Kier alpha value is -0.100. The largest absolute Gasteiger partial charge is 0.244 e. The molecule has 2 rings (SSSR count). The highest BCUT2D eigenvalue weighted by Gasteiger charge is 2.33. The van der Waals surface area contributed by atoms with E-state index < -0.39 is 10.0 Å². The lowest BCUT2D eigenvalue weighted by atomic mass is 10.0. The number of rotatable bonds is 5. The maximum atomic E-state index is 12.5. The summed E-state index contributed by atoms with van der Waals surface area (Å²) < 4.78 is 26.6. The van der Waals surface area contributed by atoms with Crippen molar-refractivity contribution < 1.29 is 8.42 Å². The van der Waals surface area contributed by atoms with E-state index in [4.69, 9.17) is 11.6 Å². The zero-order valence-electron chi connectivity index (χ0n) is 10.4. The molecule has 0 amide bonds. The molecule has 1 aromatic rings. The lowest BCUT2D eigenvalue weighted by molar-refractivity contribution is 0.444. The molecule has 1 fully saturated rings. The van der Waals surface area contributed by atoms with E-state index in [1.807, 2.05) is 0 Å². The SMILES string of the molecule is CCCC1CCN(S(=O)(=O)c2ccsc2CCl)C1. The van der Waals surface area contributed by atoms with Crippen LogP contribution in [0.2, 0.25) is 0 Å². The number of thiophene rings is 1. The van der Waals surface area contributed by atoms with Crippen LogP contribution in [0.25, 0.3) is 0 Å². The standard InChI is InChI=1S/C12H18ClNO2S2/c1-2-3-10-4-6-14(9-10)18(15,16)12-5-7-17-11(12)8-13/h5,7,10H,2-4,6,8-9H2,1H3. The van der Waals surface area contributed by atoms with E-state index >= 15 is 0 Å². The number of hydrogen-bond acceptors (Lipinski definition) is 3. The normalized spacial score (nSPS) is 21.6. The summed E-state index contributed by atoms with van der Waals surface area (Å²) in [5.74, 6) is 0.779. The van der Waals surface area contributed by atoms with Crippen molar-refractivity contribution in [3.05, 3.63) is 16.3 Å². The fourth-order valence-corrected chi connectivity index (χ4v) is 5.66. The van der Waals surface area contributed by atoms with E-state index in [2.05, 4.69) is 6.92 Å². The quantitative estimate of drug-likeness (QED) is 0.783. The van der Waals surface area contributed by atoms with Crippen LogP contribution in [-0.2, 0) is 15.9 Å². The molecule has 6 heteroatoms. The van der Waals surface area contributed by atoms with Gasteiger partial charge in [-0.15, -0.1) is 22.9 Å². The number of hydrogen-bond donors (Lipinski definition) is 0. The maximum absolute atomic E-state index is 12.5. The van der Waals surface area contributed by atoms with E-state index in [0.717, 1.165) is 24.1 Å². The van der Waals surface area contributed by atoms with Gasteiger partial charge >= 0.3 is 0 Å². The van der Waals surface area contributed by atoms with Crippen molar-refractivity contribution in [3.63, 3.8) is 0 Å². The molecule has 2 heterocycles. The van der Waals surface area contributed by atoms with Crippen molar-refractivity contribution in [1.82, 2.24) is 4.31 Å². The molecular weight excluding hydrogens is 290 g/mol. The summed E-state index contributed by atoms with van der Waals surface area (Å²) in [6, 6.07) is 1.67. The molecule has 3 nitrogen and oxygen atoms in total. The molecular formula is C12H18ClNO2S2. The predicted molar refractivity (Wildman–Crippen MR) is 75.6 cm³/mol. The first kappa shape index (κ1) is 14.3. The van der Waals surface area contributed by atoms with Crippen molar-refractivity contribution in [3.8, 4) is 0 Å². The highest BCUT2D eigenvalue weighted by Crippen LogP contribution is 2.31. The molecule has 0 N–H and O–H groups in total. The Kier molecular flexibility index (Phi) is 4.69. The van der Waals surface area contributed by atoms with Crippen LogP contribution in [0.5, 0.6) is 0 Å². The molecule has 1 atom stereocenters. The van der Waals surface area contributed by atoms with Gasteiger partial charge in [-0.1, -0.05) is 13.3 Å². The van der Waals surface area contributed by atoms with E-state index in [0.29, 0.717) is 23.9 Å². The molecule has 0 aromatic carbocycles. The Morgan fingerprint density at radius 2 is 2.33 bits per heavy atom. The Labute approximate surface area is 118 Å². The summed E-state index contributed by atoms with van der Waals surface area (Å²) in [6.45, 7) is 3.44. The number of alkyl halides is 1.